The fourth-order valence-corrected chi connectivity index (χ4v) is 9.16. The lowest BCUT2D eigenvalue weighted by atomic mass is 9.84. The van der Waals surface area contributed by atoms with Crippen molar-refractivity contribution < 1.29 is 61.7 Å². The van der Waals surface area contributed by atoms with Crippen LogP contribution in [0, 0.1) is 23.0 Å². The first kappa shape index (κ1) is 63.8. The lowest BCUT2D eigenvalue weighted by Gasteiger charge is -2.41. The van der Waals surface area contributed by atoms with Crippen molar-refractivity contribution in [3.05, 3.63) is 120 Å². The van der Waals surface area contributed by atoms with Crippen LogP contribution >= 0.6 is 0 Å². The van der Waals surface area contributed by atoms with Gasteiger partial charge in [0.2, 0.25) is 17.7 Å². The van der Waals surface area contributed by atoms with Crippen molar-refractivity contribution in [2.24, 2.45) is 17.1 Å². The predicted octanol–water partition coefficient (Wildman–Crippen LogP) is 6.00. The van der Waals surface area contributed by atoms with Gasteiger partial charge in [-0.15, -0.1) is 0 Å². The van der Waals surface area contributed by atoms with Crippen molar-refractivity contribution >= 4 is 53.3 Å². The van der Waals surface area contributed by atoms with Crippen molar-refractivity contribution in [1.82, 2.24) is 40.6 Å². The first-order valence-electron chi connectivity index (χ1n) is 27.0. The smallest absolute Gasteiger partial charge is 0.407 e. The van der Waals surface area contributed by atoms with Crippen molar-refractivity contribution in [1.29, 1.82) is 0 Å². The number of aromatic nitrogens is 2. The first-order valence-corrected chi connectivity index (χ1v) is 27.0. The van der Waals surface area contributed by atoms with E-state index >= 15 is 4.39 Å². The Morgan fingerprint density at radius 3 is 2.15 bits per heavy atom. The molecule has 3 aromatic carbocycles. The van der Waals surface area contributed by atoms with Gasteiger partial charge in [0, 0.05) is 69.3 Å². The van der Waals surface area contributed by atoms with Crippen molar-refractivity contribution in [3.63, 3.8) is 0 Å². The summed E-state index contributed by atoms with van der Waals surface area (Å²) in [5.41, 5.74) is 6.31. The molecule has 1 aliphatic heterocycles. The topological polar surface area (TPSA) is 286 Å². The molecule has 8 N–H and O–H groups in total. The number of imide groups is 1. The van der Waals surface area contributed by atoms with Gasteiger partial charge in [-0.1, -0.05) is 83.5 Å². The average molecular weight is 1130 g/mol. The number of hydrogen-bond acceptors (Lipinski definition) is 12. The molecule has 1 aromatic heterocycles. The molecule has 23 heteroatoms. The van der Waals surface area contributed by atoms with E-state index in [0.29, 0.717) is 36.3 Å². The van der Waals surface area contributed by atoms with Crippen LogP contribution in [-0.4, -0.2) is 130 Å². The number of hydrogen-bond donors (Lipinski definition) is 7. The number of benzene rings is 3. The van der Waals surface area contributed by atoms with E-state index in [4.69, 9.17) is 20.2 Å². The molecule has 438 valence electrons. The molecule has 4 aromatic rings. The average Bonchev–Trinajstić information content (AvgIpc) is 4.05. The van der Waals surface area contributed by atoms with Crippen molar-refractivity contribution in [3.8, 4) is 11.3 Å². The predicted molar refractivity (Wildman–Crippen MR) is 297 cm³/mol. The lowest BCUT2D eigenvalue weighted by molar-refractivity contribution is -0.145. The van der Waals surface area contributed by atoms with Gasteiger partial charge in [0.1, 0.15) is 42.3 Å². The Morgan fingerprint density at radius 2 is 1.52 bits per heavy atom. The highest BCUT2D eigenvalue weighted by Crippen LogP contribution is 2.40. The van der Waals surface area contributed by atoms with Crippen LogP contribution in [0.15, 0.2) is 91.1 Å². The number of nitrogens with one attached hydrogen (secondary N) is 5. The normalized spacial score (nSPS) is 14.2. The SMILES string of the molecule is COCC(CCN(C(=O)C(C)O)C(c1nc(-c2cc(F)ccc2F)cn1Cc1ccccc1)C(C)(C)C)NC(=O)OCc1ccc(NC(=O)C(CCCNC(N)=O)NC(=O)C(NC(=O)CCCCCN2C(=O)C=CC2=O)C(C)C)cc1. The quantitative estimate of drug-likeness (QED) is 0.0234. The number of carbonyl (C=O) groups is 8. The molecule has 5 atom stereocenters. The zero-order chi connectivity index (χ0) is 59.4. The van der Waals surface area contributed by atoms with Crippen LogP contribution < -0.4 is 32.3 Å². The third-order valence-corrected chi connectivity index (χ3v) is 13.3. The van der Waals surface area contributed by atoms with Crippen molar-refractivity contribution in [2.75, 3.05) is 38.7 Å². The first-order chi connectivity index (χ1) is 38.4. The number of halogens is 2. The summed E-state index contributed by atoms with van der Waals surface area (Å²) in [6.07, 6.45) is 3.86. The molecule has 9 amide bonds. The van der Waals surface area contributed by atoms with Gasteiger partial charge in [0.15, 0.2) is 0 Å². The molecule has 0 saturated carbocycles. The fraction of sp³-hybridized carbons (Fsp3) is 0.466. The largest absolute Gasteiger partial charge is 0.445 e. The van der Waals surface area contributed by atoms with Crippen LogP contribution in [0.1, 0.15) is 109 Å². The Bertz CT molecular complexity index is 2820. The number of aliphatic hydroxyl groups is 1. The minimum absolute atomic E-state index is 0.0105. The number of alkyl carbamates (subject to hydrolysis) is 1. The van der Waals surface area contributed by atoms with Crippen LogP contribution in [0.5, 0.6) is 0 Å². The number of urea groups is 1. The molecule has 0 aliphatic carbocycles. The standard InChI is InChI=1S/C58H76F2N10O11/c1-36(2)50(67-47(72)18-12-9-13-29-69-48(73)25-26-49(69)74)54(76)66-45(17-14-28-62-56(61)78)53(75)63-41-22-19-39(20-23-41)34-81-57(79)64-42(35-80-7)27-30-70(55(77)37(3)71)51(58(4,5)6)52-65-46(43-31-40(59)21-24-44(43)60)33-68(52)32-38-15-10-8-11-16-38/h8,10-11,15-16,19-26,31,33,36-37,42,45,50-51,71H,9,12-14,17-18,27-30,32,34-35H2,1-7H3,(H,63,75)(H,64,79)(H,66,76)(H,67,72)(H3,61,62,78). The van der Waals surface area contributed by atoms with E-state index in [1.165, 1.54) is 31.1 Å². The number of primary amides is 1. The van der Waals surface area contributed by atoms with E-state index in [0.717, 1.165) is 28.7 Å². The number of nitrogens with zero attached hydrogens (tertiary/aromatic N) is 4. The molecule has 1 aliphatic rings. The lowest BCUT2D eigenvalue weighted by Crippen LogP contribution is -2.54. The highest BCUT2D eigenvalue weighted by atomic mass is 19.1. The number of unbranched alkanes of at least 4 members (excludes halogenated alkanes) is 2. The highest BCUT2D eigenvalue weighted by Gasteiger charge is 2.40. The molecule has 0 spiro atoms. The summed E-state index contributed by atoms with van der Waals surface area (Å²) in [6.45, 7) is 10.9. The molecule has 2 heterocycles. The molecular weight excluding hydrogens is 1050 g/mol. The van der Waals surface area contributed by atoms with Gasteiger partial charge in [0.25, 0.3) is 17.7 Å². The Hall–Kier alpha value is -8.05. The van der Waals surface area contributed by atoms with Gasteiger partial charge in [-0.25, -0.2) is 23.4 Å². The Balaban J connectivity index is 1.21. The number of methoxy groups -OCH3 is 1. The molecule has 0 bridgehead atoms. The number of rotatable bonds is 30. The van der Waals surface area contributed by atoms with E-state index in [1.807, 2.05) is 51.1 Å². The summed E-state index contributed by atoms with van der Waals surface area (Å²) < 4.78 is 42.6. The number of carbonyl (C=O) groups excluding carboxylic acids is 8. The van der Waals surface area contributed by atoms with Gasteiger partial charge < -0.3 is 56.4 Å². The summed E-state index contributed by atoms with van der Waals surface area (Å²) in [4.78, 5) is 110. The molecule has 5 unspecified atom stereocenters. The minimum atomic E-state index is -1.45. The fourth-order valence-electron chi connectivity index (χ4n) is 9.16. The van der Waals surface area contributed by atoms with E-state index < -0.39 is 77.2 Å². The van der Waals surface area contributed by atoms with Crippen molar-refractivity contribution in [2.45, 2.75) is 130 Å². The number of aliphatic hydroxyl groups excluding tert-OH is 1. The third-order valence-electron chi connectivity index (χ3n) is 13.3. The Kier molecular flexibility index (Phi) is 24.0. The molecule has 0 fully saturated rings. The number of ether oxygens (including phenoxy) is 2. The third kappa shape index (κ3) is 19.6. The number of amides is 9. The monoisotopic (exact) mass is 1130 g/mol. The zero-order valence-electron chi connectivity index (χ0n) is 47.0. The van der Waals surface area contributed by atoms with Gasteiger partial charge in [0.05, 0.1) is 24.4 Å². The van der Waals surface area contributed by atoms with E-state index in [-0.39, 0.29) is 100.0 Å². The Morgan fingerprint density at radius 1 is 0.827 bits per heavy atom. The maximum atomic E-state index is 15.3. The van der Waals surface area contributed by atoms with E-state index in [2.05, 4.69) is 26.6 Å². The number of anilines is 1. The summed E-state index contributed by atoms with van der Waals surface area (Å²) >= 11 is 0. The molecule has 81 heavy (non-hydrogen) atoms. The van der Waals surface area contributed by atoms with Crippen LogP contribution in [0.25, 0.3) is 11.3 Å². The summed E-state index contributed by atoms with van der Waals surface area (Å²) in [7, 11) is 1.45. The summed E-state index contributed by atoms with van der Waals surface area (Å²) in [5, 5.41) is 24.3. The molecule has 5 rings (SSSR count). The van der Waals surface area contributed by atoms with Crippen LogP contribution in [0.3, 0.4) is 0 Å². The van der Waals surface area contributed by atoms with E-state index in [9.17, 15) is 47.9 Å². The minimum Gasteiger partial charge on any atom is -0.445 e. The molecule has 0 saturated heterocycles. The van der Waals surface area contributed by atoms with Gasteiger partial charge in [-0.3, -0.25) is 33.7 Å². The van der Waals surface area contributed by atoms with Gasteiger partial charge >= 0.3 is 12.1 Å². The highest BCUT2D eigenvalue weighted by molar-refractivity contribution is 6.12. The van der Waals surface area contributed by atoms with Gasteiger partial charge in [-0.2, -0.15) is 0 Å². The molecular formula is C58H76F2N10O11. The van der Waals surface area contributed by atoms with Crippen LogP contribution in [0.4, 0.5) is 24.1 Å². The number of nitrogens with two attached hydrogens (primary N) is 1. The zero-order valence-corrected chi connectivity index (χ0v) is 47.0. The number of imidazole rings is 1. The second-order valence-electron chi connectivity index (χ2n) is 21.3. The summed E-state index contributed by atoms with van der Waals surface area (Å²) in [6, 6.07) is 14.5. The van der Waals surface area contributed by atoms with E-state index in [1.54, 1.807) is 48.9 Å². The van der Waals surface area contributed by atoms with Crippen LogP contribution in [0.2, 0.25) is 0 Å². The molecule has 0 radical (unpaired) electrons. The second-order valence-corrected chi connectivity index (χ2v) is 21.3. The second kappa shape index (κ2) is 30.5. The Labute approximate surface area is 470 Å². The van der Waals surface area contributed by atoms with Crippen LogP contribution in [-0.2, 0) is 51.4 Å². The summed E-state index contributed by atoms with van der Waals surface area (Å²) in [5.74, 6) is -4.31. The molecule has 21 nitrogen and oxygen atoms in total. The van der Waals surface area contributed by atoms with Gasteiger partial charge in [-0.05, 0) is 91.8 Å². The maximum absolute atomic E-state index is 15.3. The maximum Gasteiger partial charge on any atom is 0.407 e.